The van der Waals surface area contributed by atoms with Crippen LogP contribution in [-0.4, -0.2) is 9.55 Å². The fourth-order valence-electron chi connectivity index (χ4n) is 3.08. The van der Waals surface area contributed by atoms with Crippen molar-refractivity contribution in [3.05, 3.63) is 53.6 Å². The van der Waals surface area contributed by atoms with Crippen molar-refractivity contribution in [3.8, 4) is 17.3 Å². The summed E-state index contributed by atoms with van der Waals surface area (Å²) in [5.74, 6) is -0.397. The van der Waals surface area contributed by atoms with Crippen LogP contribution in [0.15, 0.2) is 36.7 Å². The average molecular weight is 336 g/mol. The van der Waals surface area contributed by atoms with Crippen molar-refractivity contribution in [2.45, 2.75) is 33.9 Å². The lowest BCUT2D eigenvalue weighted by Gasteiger charge is -2.20. The molecule has 0 aliphatic heterocycles. The van der Waals surface area contributed by atoms with Gasteiger partial charge >= 0.3 is 0 Å². The minimum Gasteiger partial charge on any atom is -0.347 e. The third kappa shape index (κ3) is 3.26. The first-order chi connectivity index (χ1) is 11.8. The highest BCUT2D eigenvalue weighted by atomic mass is 19.1. The fraction of sp³-hybridized carbons (Fsp3) is 0.300. The average Bonchev–Trinajstić information content (AvgIpc) is 2.89. The van der Waals surface area contributed by atoms with E-state index in [2.05, 4.69) is 36.4 Å². The number of rotatable bonds is 3. The van der Waals surface area contributed by atoms with Crippen LogP contribution in [0.5, 0.6) is 0 Å². The molecule has 2 N–H and O–H groups in total. The molecule has 0 unspecified atom stereocenters. The summed E-state index contributed by atoms with van der Waals surface area (Å²) in [5, 5.41) is 10.1. The molecule has 4 nitrogen and oxygen atoms in total. The summed E-state index contributed by atoms with van der Waals surface area (Å²) in [6.07, 6.45) is 3.56. The third-order valence-corrected chi connectivity index (χ3v) is 4.10. The molecule has 0 bridgehead atoms. The summed E-state index contributed by atoms with van der Waals surface area (Å²) >= 11 is 0. The van der Waals surface area contributed by atoms with E-state index in [1.54, 1.807) is 24.4 Å². The number of pyridine rings is 1. The lowest BCUT2D eigenvalue weighted by molar-refractivity contribution is 0.349. The summed E-state index contributed by atoms with van der Waals surface area (Å²) in [5.41, 5.74) is 8.78. The Hall–Kier alpha value is -2.71. The predicted molar refractivity (Wildman–Crippen MR) is 97.2 cm³/mol. The Balaban J connectivity index is 2.27. The summed E-state index contributed by atoms with van der Waals surface area (Å²) in [6, 6.07) is 8.68. The Bertz CT molecular complexity index is 974. The molecular formula is C20H21FN4. The molecule has 0 fully saturated rings. The molecule has 0 radical (unpaired) electrons. The Morgan fingerprint density at radius 1 is 1.32 bits per heavy atom. The maximum atomic E-state index is 14.8. The zero-order chi connectivity index (χ0) is 18.2. The van der Waals surface area contributed by atoms with Gasteiger partial charge in [0.05, 0.1) is 11.3 Å². The van der Waals surface area contributed by atoms with E-state index in [0.717, 1.165) is 23.0 Å². The van der Waals surface area contributed by atoms with Gasteiger partial charge in [-0.25, -0.2) is 4.39 Å². The number of nitrogens with two attached hydrogens (primary N) is 1. The van der Waals surface area contributed by atoms with Gasteiger partial charge in [0, 0.05) is 41.9 Å². The summed E-state index contributed by atoms with van der Waals surface area (Å²) < 4.78 is 16.9. The highest BCUT2D eigenvalue weighted by Gasteiger charge is 2.19. The monoisotopic (exact) mass is 336 g/mol. The topological polar surface area (TPSA) is 67.6 Å². The second kappa shape index (κ2) is 6.30. The van der Waals surface area contributed by atoms with E-state index in [0.29, 0.717) is 23.4 Å². The van der Waals surface area contributed by atoms with Crippen LogP contribution < -0.4 is 5.73 Å². The second-order valence-electron chi connectivity index (χ2n) is 7.41. The first kappa shape index (κ1) is 17.1. The Morgan fingerprint density at radius 2 is 2.08 bits per heavy atom. The SMILES string of the molecule is CC(C)(C)Cn1cc(CN)c2cc(F)c(-c3ncccc3C#N)cc21. The number of benzene rings is 1. The molecule has 5 heteroatoms. The smallest absolute Gasteiger partial charge is 0.133 e. The van der Waals surface area contributed by atoms with Gasteiger partial charge in [0.15, 0.2) is 0 Å². The second-order valence-corrected chi connectivity index (χ2v) is 7.41. The van der Waals surface area contributed by atoms with Crippen LogP contribution in [0.25, 0.3) is 22.2 Å². The van der Waals surface area contributed by atoms with E-state index in [1.165, 1.54) is 6.07 Å². The van der Waals surface area contributed by atoms with Gasteiger partial charge < -0.3 is 10.3 Å². The quantitative estimate of drug-likeness (QED) is 0.778. The maximum Gasteiger partial charge on any atom is 0.133 e. The molecule has 0 aliphatic rings. The number of fused-ring (bicyclic) bond motifs is 1. The molecule has 2 heterocycles. The maximum absolute atomic E-state index is 14.8. The molecule has 0 aliphatic carbocycles. The number of nitrogens with zero attached hydrogens (tertiary/aromatic N) is 3. The first-order valence-corrected chi connectivity index (χ1v) is 8.21. The zero-order valence-electron chi connectivity index (χ0n) is 14.7. The summed E-state index contributed by atoms with van der Waals surface area (Å²) in [6.45, 7) is 7.58. The minimum absolute atomic E-state index is 0.0647. The Morgan fingerprint density at radius 3 is 2.72 bits per heavy atom. The van der Waals surface area contributed by atoms with Crippen molar-refractivity contribution in [1.82, 2.24) is 9.55 Å². The van der Waals surface area contributed by atoms with Crippen LogP contribution in [0.2, 0.25) is 0 Å². The Labute approximate surface area is 146 Å². The van der Waals surface area contributed by atoms with Crippen molar-refractivity contribution in [1.29, 1.82) is 5.26 Å². The van der Waals surface area contributed by atoms with Gasteiger partial charge in [-0.05, 0) is 35.2 Å². The fourth-order valence-corrected chi connectivity index (χ4v) is 3.08. The van der Waals surface area contributed by atoms with E-state index in [9.17, 15) is 9.65 Å². The van der Waals surface area contributed by atoms with Crippen molar-refractivity contribution in [3.63, 3.8) is 0 Å². The molecule has 1 aromatic carbocycles. The van der Waals surface area contributed by atoms with Gasteiger partial charge in [0.2, 0.25) is 0 Å². The first-order valence-electron chi connectivity index (χ1n) is 8.21. The minimum atomic E-state index is -0.397. The molecule has 0 atom stereocenters. The van der Waals surface area contributed by atoms with Crippen LogP contribution in [0.3, 0.4) is 0 Å². The van der Waals surface area contributed by atoms with Gasteiger partial charge in [0.1, 0.15) is 11.9 Å². The van der Waals surface area contributed by atoms with Crippen molar-refractivity contribution in [2.24, 2.45) is 11.1 Å². The summed E-state index contributed by atoms with van der Waals surface area (Å²) in [7, 11) is 0. The van der Waals surface area contributed by atoms with Gasteiger partial charge in [-0.1, -0.05) is 20.8 Å². The highest BCUT2D eigenvalue weighted by molar-refractivity contribution is 5.89. The molecule has 0 saturated carbocycles. The highest BCUT2D eigenvalue weighted by Crippen LogP contribution is 2.32. The number of halogens is 1. The number of hydrogen-bond donors (Lipinski definition) is 1. The molecule has 3 rings (SSSR count). The normalized spacial score (nSPS) is 11.7. The van der Waals surface area contributed by atoms with E-state index < -0.39 is 5.82 Å². The lowest BCUT2D eigenvalue weighted by atomic mass is 9.97. The van der Waals surface area contributed by atoms with E-state index in [-0.39, 0.29) is 5.41 Å². The Kier molecular flexibility index (Phi) is 4.32. The van der Waals surface area contributed by atoms with Crippen LogP contribution in [0, 0.1) is 22.6 Å². The standard InChI is InChI=1S/C20H21FN4/c1-20(2,3)12-25-11-14(10-23)15-7-17(21)16(8-18(15)25)19-13(9-22)5-4-6-24-19/h4-8,11H,10,12,23H2,1-3H3. The van der Waals surface area contributed by atoms with Gasteiger partial charge in [-0.2, -0.15) is 5.26 Å². The van der Waals surface area contributed by atoms with Gasteiger partial charge in [-0.3, -0.25) is 4.98 Å². The summed E-state index contributed by atoms with van der Waals surface area (Å²) in [4.78, 5) is 4.22. The largest absolute Gasteiger partial charge is 0.347 e. The molecule has 0 saturated heterocycles. The van der Waals surface area contributed by atoms with Crippen molar-refractivity contribution >= 4 is 10.9 Å². The van der Waals surface area contributed by atoms with Crippen LogP contribution in [0.1, 0.15) is 31.9 Å². The van der Waals surface area contributed by atoms with E-state index >= 15 is 0 Å². The lowest BCUT2D eigenvalue weighted by Crippen LogP contribution is -2.14. The molecule has 2 aromatic heterocycles. The van der Waals surface area contributed by atoms with Crippen LogP contribution >= 0.6 is 0 Å². The van der Waals surface area contributed by atoms with Crippen LogP contribution in [0.4, 0.5) is 4.39 Å². The molecule has 0 amide bonds. The molecule has 3 aromatic rings. The van der Waals surface area contributed by atoms with E-state index in [1.807, 2.05) is 6.20 Å². The molecular weight excluding hydrogens is 315 g/mol. The molecule has 128 valence electrons. The number of nitriles is 1. The van der Waals surface area contributed by atoms with Crippen molar-refractivity contribution in [2.75, 3.05) is 0 Å². The number of hydrogen-bond acceptors (Lipinski definition) is 3. The molecule has 0 spiro atoms. The van der Waals surface area contributed by atoms with Crippen molar-refractivity contribution < 1.29 is 4.39 Å². The van der Waals surface area contributed by atoms with Gasteiger partial charge in [-0.15, -0.1) is 0 Å². The van der Waals surface area contributed by atoms with Crippen LogP contribution in [-0.2, 0) is 13.1 Å². The third-order valence-electron chi connectivity index (χ3n) is 4.10. The van der Waals surface area contributed by atoms with Gasteiger partial charge in [0.25, 0.3) is 0 Å². The predicted octanol–water partition coefficient (Wildman–Crippen LogP) is 4.22. The number of aromatic nitrogens is 2. The molecule has 25 heavy (non-hydrogen) atoms. The van der Waals surface area contributed by atoms with E-state index in [4.69, 9.17) is 5.73 Å². The zero-order valence-corrected chi connectivity index (χ0v) is 14.7.